The topological polar surface area (TPSA) is 91.4 Å². The fraction of sp³-hybridized carbons (Fsp3) is 0.941. The number of hydrogen-bond acceptors (Lipinski definition) is 7. The van der Waals surface area contributed by atoms with E-state index in [2.05, 4.69) is 0 Å². The zero-order chi connectivity index (χ0) is 19.0. The van der Waals surface area contributed by atoms with Crippen molar-refractivity contribution in [1.82, 2.24) is 4.90 Å². The molecule has 3 aliphatic heterocycles. The number of carbonyl (C=O) groups is 1. The summed E-state index contributed by atoms with van der Waals surface area (Å²) >= 11 is 0. The zero-order valence-electron chi connectivity index (χ0n) is 15.7. The Labute approximate surface area is 155 Å². The molecule has 1 amide bonds. The first-order valence-electron chi connectivity index (χ1n) is 9.11. The Balaban J connectivity index is 1.75. The molecule has 0 saturated carbocycles. The Morgan fingerprint density at radius 2 is 1.92 bits per heavy atom. The number of methoxy groups -OCH3 is 1. The third-order valence-electron chi connectivity index (χ3n) is 5.77. The summed E-state index contributed by atoms with van der Waals surface area (Å²) in [4.78, 5) is 14.7. The van der Waals surface area contributed by atoms with Crippen LogP contribution in [0.15, 0.2) is 0 Å². The first-order valence-corrected chi connectivity index (χ1v) is 10.9. The van der Waals surface area contributed by atoms with Crippen molar-refractivity contribution >= 4 is 15.7 Å². The second-order valence-corrected chi connectivity index (χ2v) is 10.0. The van der Waals surface area contributed by atoms with E-state index in [1.165, 1.54) is 0 Å². The molecule has 0 aromatic heterocycles. The number of carbonyl (C=O) groups excluding carboxylic acids is 1. The lowest BCUT2D eigenvalue weighted by Gasteiger charge is -2.62. The molecule has 0 unspecified atom stereocenters. The summed E-state index contributed by atoms with van der Waals surface area (Å²) in [6.07, 6.45) is 1.39. The highest BCUT2D eigenvalue weighted by molar-refractivity contribution is 7.91. The predicted molar refractivity (Wildman–Crippen MR) is 93.2 cm³/mol. The molecule has 3 heterocycles. The second kappa shape index (κ2) is 7.35. The molecule has 3 fully saturated rings. The molecule has 26 heavy (non-hydrogen) atoms. The standard InChI is InChI=1S/C17H29NO7S/c1-16(2)18-13(4-7-24-16)14(15(18)19)17(25-12-23-9-8-22-3)5-10-26(20,21)11-6-17/h13-14H,4-12H2,1-3H3/t13-,14+/m1/s1. The largest absolute Gasteiger partial charge is 0.382 e. The van der Waals surface area contributed by atoms with Crippen LogP contribution in [-0.2, 0) is 33.6 Å². The Morgan fingerprint density at radius 3 is 2.58 bits per heavy atom. The maximum absolute atomic E-state index is 13.0. The van der Waals surface area contributed by atoms with Crippen LogP contribution in [0.4, 0.5) is 0 Å². The highest BCUT2D eigenvalue weighted by atomic mass is 32.2. The van der Waals surface area contributed by atoms with Gasteiger partial charge in [0, 0.05) is 7.11 Å². The van der Waals surface area contributed by atoms with Crippen LogP contribution in [0, 0.1) is 5.92 Å². The van der Waals surface area contributed by atoms with Crippen molar-refractivity contribution in [3.05, 3.63) is 0 Å². The van der Waals surface area contributed by atoms with E-state index >= 15 is 0 Å². The van der Waals surface area contributed by atoms with Crippen molar-refractivity contribution in [2.75, 3.05) is 45.2 Å². The highest BCUT2D eigenvalue weighted by Gasteiger charge is 2.64. The lowest BCUT2D eigenvalue weighted by Crippen LogP contribution is -2.76. The van der Waals surface area contributed by atoms with Gasteiger partial charge in [-0.1, -0.05) is 0 Å². The summed E-state index contributed by atoms with van der Waals surface area (Å²) in [7, 11) is -1.48. The lowest BCUT2D eigenvalue weighted by atomic mass is 9.68. The smallest absolute Gasteiger partial charge is 0.233 e. The van der Waals surface area contributed by atoms with Gasteiger partial charge in [0.25, 0.3) is 0 Å². The van der Waals surface area contributed by atoms with Gasteiger partial charge in [0.2, 0.25) is 5.91 Å². The van der Waals surface area contributed by atoms with E-state index in [-0.39, 0.29) is 36.2 Å². The van der Waals surface area contributed by atoms with Gasteiger partial charge in [-0.2, -0.15) is 0 Å². The normalized spacial score (nSPS) is 32.0. The van der Waals surface area contributed by atoms with E-state index in [1.807, 2.05) is 13.8 Å². The number of amides is 1. The SMILES string of the molecule is COCCOCOC1([C@@H]2C(=O)N3[C@@H]2CCOC3(C)C)CCS(=O)(=O)CC1. The molecular formula is C17H29NO7S. The van der Waals surface area contributed by atoms with Gasteiger partial charge >= 0.3 is 0 Å². The number of rotatable bonds is 7. The monoisotopic (exact) mass is 391 g/mol. The average Bonchev–Trinajstić information content (AvgIpc) is 2.56. The molecule has 3 aliphatic rings. The number of sulfone groups is 1. The molecule has 3 saturated heterocycles. The summed E-state index contributed by atoms with van der Waals surface area (Å²) in [6, 6.07) is 0.0195. The van der Waals surface area contributed by atoms with Gasteiger partial charge < -0.3 is 23.8 Å². The molecule has 9 heteroatoms. The van der Waals surface area contributed by atoms with Crippen LogP contribution < -0.4 is 0 Å². The first-order chi connectivity index (χ1) is 12.2. The fourth-order valence-corrected chi connectivity index (χ4v) is 5.89. The number of hydrogen-bond donors (Lipinski definition) is 0. The minimum atomic E-state index is -3.07. The van der Waals surface area contributed by atoms with E-state index in [9.17, 15) is 13.2 Å². The molecular weight excluding hydrogens is 362 g/mol. The Kier molecular flexibility index (Phi) is 5.66. The number of fused-ring (bicyclic) bond motifs is 1. The Hall–Kier alpha value is -0.740. The molecule has 150 valence electrons. The maximum Gasteiger partial charge on any atom is 0.233 e. The highest BCUT2D eigenvalue weighted by Crippen LogP contribution is 2.49. The van der Waals surface area contributed by atoms with Crippen molar-refractivity contribution in [3.8, 4) is 0 Å². The van der Waals surface area contributed by atoms with Crippen LogP contribution in [0.3, 0.4) is 0 Å². The quantitative estimate of drug-likeness (QED) is 0.356. The molecule has 0 aliphatic carbocycles. The number of β-lactam (4-membered cyclic amide) rings is 1. The van der Waals surface area contributed by atoms with E-state index in [1.54, 1.807) is 12.0 Å². The van der Waals surface area contributed by atoms with E-state index in [0.717, 1.165) is 6.42 Å². The molecule has 0 N–H and O–H groups in total. The van der Waals surface area contributed by atoms with Crippen molar-refractivity contribution in [2.45, 2.75) is 50.5 Å². The van der Waals surface area contributed by atoms with E-state index in [0.29, 0.717) is 32.7 Å². The molecule has 3 rings (SSSR count). The molecule has 0 bridgehead atoms. The first kappa shape index (κ1) is 20.0. The van der Waals surface area contributed by atoms with Crippen molar-refractivity contribution in [3.63, 3.8) is 0 Å². The van der Waals surface area contributed by atoms with Crippen LogP contribution in [0.25, 0.3) is 0 Å². The van der Waals surface area contributed by atoms with Crippen LogP contribution >= 0.6 is 0 Å². The fourth-order valence-electron chi connectivity index (χ4n) is 4.37. The molecule has 0 aromatic rings. The van der Waals surface area contributed by atoms with Gasteiger partial charge in [-0.3, -0.25) is 4.79 Å². The van der Waals surface area contributed by atoms with Gasteiger partial charge in [-0.15, -0.1) is 0 Å². The number of ether oxygens (including phenoxy) is 4. The minimum Gasteiger partial charge on any atom is -0.382 e. The third kappa shape index (κ3) is 3.64. The van der Waals surface area contributed by atoms with E-state index < -0.39 is 21.2 Å². The molecule has 0 spiro atoms. The molecule has 2 atom stereocenters. The average molecular weight is 391 g/mol. The van der Waals surface area contributed by atoms with Gasteiger partial charge in [0.15, 0.2) is 9.84 Å². The minimum absolute atomic E-state index is 0.0177. The predicted octanol–water partition coefficient (Wildman–Crippen LogP) is 0.554. The Bertz CT molecular complexity index is 619. The summed E-state index contributed by atoms with van der Waals surface area (Å²) in [5.74, 6) is -0.272. The third-order valence-corrected chi connectivity index (χ3v) is 7.42. The van der Waals surface area contributed by atoms with Gasteiger partial charge in [0.05, 0.1) is 48.9 Å². The molecule has 0 aromatic carbocycles. The van der Waals surface area contributed by atoms with Crippen LogP contribution in [0.2, 0.25) is 0 Å². The van der Waals surface area contributed by atoms with Crippen molar-refractivity contribution in [1.29, 1.82) is 0 Å². The lowest BCUT2D eigenvalue weighted by molar-refractivity contribution is -0.265. The van der Waals surface area contributed by atoms with Crippen LogP contribution in [0.1, 0.15) is 33.1 Å². The summed E-state index contributed by atoms with van der Waals surface area (Å²) in [5.41, 5.74) is -1.42. The van der Waals surface area contributed by atoms with Gasteiger partial charge in [-0.25, -0.2) is 8.42 Å². The molecule has 0 radical (unpaired) electrons. The second-order valence-electron chi connectivity index (χ2n) is 7.72. The van der Waals surface area contributed by atoms with Crippen LogP contribution in [0.5, 0.6) is 0 Å². The number of nitrogens with zero attached hydrogens (tertiary/aromatic N) is 1. The van der Waals surface area contributed by atoms with Crippen molar-refractivity contribution < 1.29 is 32.2 Å². The summed E-state index contributed by atoms with van der Waals surface area (Å²) in [5, 5.41) is 0. The van der Waals surface area contributed by atoms with Crippen LogP contribution in [-0.4, -0.2) is 81.8 Å². The van der Waals surface area contributed by atoms with Crippen molar-refractivity contribution in [2.24, 2.45) is 5.92 Å². The van der Waals surface area contributed by atoms with E-state index in [4.69, 9.17) is 18.9 Å². The maximum atomic E-state index is 13.0. The molecule has 8 nitrogen and oxygen atoms in total. The summed E-state index contributed by atoms with van der Waals surface area (Å²) < 4.78 is 46.0. The summed E-state index contributed by atoms with van der Waals surface area (Å²) in [6.45, 7) is 5.23. The van der Waals surface area contributed by atoms with Gasteiger partial charge in [-0.05, 0) is 33.1 Å². The Morgan fingerprint density at radius 1 is 1.23 bits per heavy atom. The van der Waals surface area contributed by atoms with Gasteiger partial charge in [0.1, 0.15) is 12.5 Å². The zero-order valence-corrected chi connectivity index (χ0v) is 16.5.